The second-order valence-electron chi connectivity index (χ2n) is 7.95. The maximum atomic E-state index is 13.5. The van der Waals surface area contributed by atoms with E-state index >= 15 is 0 Å². The van der Waals surface area contributed by atoms with E-state index in [2.05, 4.69) is 13.8 Å². The Morgan fingerprint density at radius 1 is 1.12 bits per heavy atom. The molecule has 1 aliphatic heterocycles. The third kappa shape index (κ3) is 2.89. The molecular formula is C21H28N2O2. The van der Waals surface area contributed by atoms with Crippen molar-refractivity contribution in [2.24, 2.45) is 0 Å². The summed E-state index contributed by atoms with van der Waals surface area (Å²) in [6, 6.07) is 13.8. The monoisotopic (exact) mass is 340 g/mol. The van der Waals surface area contributed by atoms with Crippen LogP contribution in [-0.2, 0) is 0 Å². The summed E-state index contributed by atoms with van der Waals surface area (Å²) in [4.78, 5) is 17.0. The van der Waals surface area contributed by atoms with Gasteiger partial charge in [-0.1, -0.05) is 43.3 Å². The number of carbonyl (C=O) groups excluding carboxylic acids is 1. The summed E-state index contributed by atoms with van der Waals surface area (Å²) >= 11 is 0. The second-order valence-corrected chi connectivity index (χ2v) is 7.95. The number of aliphatic hydroxyl groups is 1. The lowest BCUT2D eigenvalue weighted by Crippen LogP contribution is -2.69. The Bertz CT molecular complexity index is 792. The number of anilines is 1. The Morgan fingerprint density at radius 2 is 1.76 bits per heavy atom. The molecule has 1 saturated heterocycles. The fourth-order valence-corrected chi connectivity index (χ4v) is 4.29. The summed E-state index contributed by atoms with van der Waals surface area (Å²) in [5.41, 5.74) is -0.886. The zero-order chi connectivity index (χ0) is 18.4. The van der Waals surface area contributed by atoms with Gasteiger partial charge in [0.15, 0.2) is 0 Å². The van der Waals surface area contributed by atoms with E-state index in [9.17, 15) is 9.90 Å². The molecule has 2 aromatic rings. The highest BCUT2D eigenvalue weighted by atomic mass is 16.3. The number of nitrogens with zero attached hydrogens (tertiary/aromatic N) is 2. The van der Waals surface area contributed by atoms with Gasteiger partial charge in [0.05, 0.1) is 5.69 Å². The highest BCUT2D eigenvalue weighted by Crippen LogP contribution is 2.42. The number of carbonyl (C=O) groups is 1. The van der Waals surface area contributed by atoms with Crippen molar-refractivity contribution >= 4 is 22.5 Å². The Balaban J connectivity index is 2.17. The number of hydrogen-bond donors (Lipinski definition) is 1. The molecule has 134 valence electrons. The van der Waals surface area contributed by atoms with E-state index in [1.807, 2.05) is 61.2 Å². The van der Waals surface area contributed by atoms with E-state index in [4.69, 9.17) is 0 Å². The van der Waals surface area contributed by atoms with Gasteiger partial charge in [-0.05, 0) is 45.6 Å². The smallest absolute Gasteiger partial charge is 0.327 e. The molecule has 3 rings (SSSR count). The van der Waals surface area contributed by atoms with E-state index < -0.39 is 11.3 Å². The summed E-state index contributed by atoms with van der Waals surface area (Å²) in [6.07, 6.45) is 1.36. The van der Waals surface area contributed by atoms with Crippen molar-refractivity contribution in [1.82, 2.24) is 4.90 Å². The standard InChI is InChI=1S/C21H28N2O2/c1-6-15(2)22-19(24)23(21(5,25)14-20(22,3)4)18-13-9-11-16-10-7-8-12-17(16)18/h7-13,15,25H,6,14H2,1-5H3. The summed E-state index contributed by atoms with van der Waals surface area (Å²) in [5, 5.41) is 13.2. The van der Waals surface area contributed by atoms with Crippen LogP contribution in [0.3, 0.4) is 0 Å². The first-order valence-electron chi connectivity index (χ1n) is 9.03. The fourth-order valence-electron chi connectivity index (χ4n) is 4.29. The number of fused-ring (bicyclic) bond motifs is 1. The Hall–Kier alpha value is -2.07. The third-order valence-corrected chi connectivity index (χ3v) is 5.34. The molecule has 1 heterocycles. The average molecular weight is 340 g/mol. The maximum absolute atomic E-state index is 13.5. The van der Waals surface area contributed by atoms with Gasteiger partial charge in [0, 0.05) is 23.4 Å². The van der Waals surface area contributed by atoms with Gasteiger partial charge in [0.2, 0.25) is 0 Å². The molecule has 1 aliphatic rings. The molecule has 0 radical (unpaired) electrons. The summed E-state index contributed by atoms with van der Waals surface area (Å²) < 4.78 is 0. The van der Waals surface area contributed by atoms with Crippen LogP contribution in [0.5, 0.6) is 0 Å². The molecule has 2 unspecified atom stereocenters. The van der Waals surface area contributed by atoms with Crippen LogP contribution >= 0.6 is 0 Å². The molecule has 4 heteroatoms. The van der Waals surface area contributed by atoms with Crippen LogP contribution in [0.2, 0.25) is 0 Å². The minimum absolute atomic E-state index is 0.107. The van der Waals surface area contributed by atoms with Gasteiger partial charge < -0.3 is 10.0 Å². The molecule has 1 fully saturated rings. The number of benzene rings is 2. The topological polar surface area (TPSA) is 43.8 Å². The molecule has 4 nitrogen and oxygen atoms in total. The van der Waals surface area contributed by atoms with Crippen molar-refractivity contribution in [3.05, 3.63) is 42.5 Å². The highest BCUT2D eigenvalue weighted by Gasteiger charge is 2.51. The number of hydrogen-bond acceptors (Lipinski definition) is 2. The molecule has 0 spiro atoms. The molecule has 0 bridgehead atoms. The first kappa shape index (κ1) is 17.7. The van der Waals surface area contributed by atoms with Gasteiger partial charge in [0.25, 0.3) is 0 Å². The summed E-state index contributed by atoms with van der Waals surface area (Å²) in [7, 11) is 0. The van der Waals surface area contributed by atoms with E-state index in [1.165, 1.54) is 0 Å². The Labute approximate surface area is 150 Å². The summed E-state index contributed by atoms with van der Waals surface area (Å²) in [6.45, 7) is 9.96. The van der Waals surface area contributed by atoms with Gasteiger partial charge in [-0.2, -0.15) is 0 Å². The molecule has 0 aliphatic carbocycles. The second kappa shape index (κ2) is 6.03. The molecule has 0 aromatic heterocycles. The van der Waals surface area contributed by atoms with E-state index in [0.29, 0.717) is 6.42 Å². The van der Waals surface area contributed by atoms with Gasteiger partial charge in [-0.25, -0.2) is 4.79 Å². The van der Waals surface area contributed by atoms with Crippen LogP contribution in [0, 0.1) is 0 Å². The van der Waals surface area contributed by atoms with Gasteiger partial charge in [-0.15, -0.1) is 0 Å². The quantitative estimate of drug-likeness (QED) is 0.875. The Kier molecular flexibility index (Phi) is 4.28. The van der Waals surface area contributed by atoms with Crippen molar-refractivity contribution in [2.75, 3.05) is 4.90 Å². The molecule has 1 N–H and O–H groups in total. The molecule has 25 heavy (non-hydrogen) atoms. The minimum atomic E-state index is -1.24. The lowest BCUT2D eigenvalue weighted by Gasteiger charge is -2.55. The third-order valence-electron chi connectivity index (χ3n) is 5.34. The average Bonchev–Trinajstić information content (AvgIpc) is 2.52. The first-order chi connectivity index (χ1) is 11.7. The predicted molar refractivity (Wildman–Crippen MR) is 103 cm³/mol. The maximum Gasteiger partial charge on any atom is 0.327 e. The zero-order valence-electron chi connectivity index (χ0n) is 15.8. The van der Waals surface area contributed by atoms with Crippen LogP contribution in [0.25, 0.3) is 10.8 Å². The molecule has 2 aromatic carbocycles. The van der Waals surface area contributed by atoms with Crippen molar-refractivity contribution in [3.63, 3.8) is 0 Å². The number of amides is 2. The van der Waals surface area contributed by atoms with E-state index in [0.717, 1.165) is 22.9 Å². The van der Waals surface area contributed by atoms with Crippen molar-refractivity contribution < 1.29 is 9.90 Å². The fraction of sp³-hybridized carbons (Fsp3) is 0.476. The first-order valence-corrected chi connectivity index (χ1v) is 9.03. The molecule has 2 amide bonds. The Morgan fingerprint density at radius 3 is 2.44 bits per heavy atom. The normalized spacial score (nSPS) is 24.6. The summed E-state index contributed by atoms with van der Waals surface area (Å²) in [5.74, 6) is 0. The van der Waals surface area contributed by atoms with E-state index in [1.54, 1.807) is 11.8 Å². The van der Waals surface area contributed by atoms with Crippen molar-refractivity contribution in [3.8, 4) is 0 Å². The van der Waals surface area contributed by atoms with Crippen LogP contribution < -0.4 is 4.90 Å². The van der Waals surface area contributed by atoms with Gasteiger partial charge in [-0.3, -0.25) is 4.90 Å². The van der Waals surface area contributed by atoms with Gasteiger partial charge >= 0.3 is 6.03 Å². The zero-order valence-corrected chi connectivity index (χ0v) is 15.8. The molecular weight excluding hydrogens is 312 g/mol. The SMILES string of the molecule is CCC(C)N1C(=O)N(c2cccc3ccccc23)C(C)(O)CC1(C)C. The van der Waals surface area contributed by atoms with Crippen LogP contribution in [0.1, 0.15) is 47.5 Å². The van der Waals surface area contributed by atoms with Crippen LogP contribution in [-0.4, -0.2) is 33.3 Å². The van der Waals surface area contributed by atoms with E-state index in [-0.39, 0.29) is 12.1 Å². The number of rotatable bonds is 3. The lowest BCUT2D eigenvalue weighted by molar-refractivity contribution is -0.0357. The van der Waals surface area contributed by atoms with Crippen molar-refractivity contribution in [1.29, 1.82) is 0 Å². The molecule has 2 atom stereocenters. The lowest BCUT2D eigenvalue weighted by atomic mass is 9.86. The number of urea groups is 1. The van der Waals surface area contributed by atoms with Crippen LogP contribution in [0.15, 0.2) is 42.5 Å². The highest BCUT2D eigenvalue weighted by molar-refractivity contribution is 6.04. The predicted octanol–water partition coefficient (Wildman–Crippen LogP) is 4.76. The molecule has 0 saturated carbocycles. The van der Waals surface area contributed by atoms with Crippen LogP contribution in [0.4, 0.5) is 10.5 Å². The largest absolute Gasteiger partial charge is 0.371 e. The van der Waals surface area contributed by atoms with Crippen molar-refractivity contribution in [2.45, 2.75) is 64.8 Å². The minimum Gasteiger partial charge on any atom is -0.371 e. The van der Waals surface area contributed by atoms with Gasteiger partial charge in [0.1, 0.15) is 5.72 Å².